The molecule has 0 bridgehead atoms. The van der Waals surface area contributed by atoms with E-state index in [1.807, 2.05) is 4.72 Å². The number of sulfonamides is 1. The van der Waals surface area contributed by atoms with Crippen LogP contribution in [0.15, 0.2) is 35.7 Å². The minimum Gasteiger partial charge on any atom is -0.455 e. The van der Waals surface area contributed by atoms with Gasteiger partial charge in [-0.15, -0.1) is 0 Å². The molecule has 11 heteroatoms. The van der Waals surface area contributed by atoms with Crippen LogP contribution in [0.25, 0.3) is 6.08 Å². The van der Waals surface area contributed by atoms with Gasteiger partial charge in [-0.25, -0.2) is 21.6 Å². The summed E-state index contributed by atoms with van der Waals surface area (Å²) < 4.78 is 52.9. The van der Waals surface area contributed by atoms with Crippen LogP contribution in [-0.4, -0.2) is 59.4 Å². The first-order chi connectivity index (χ1) is 12.7. The van der Waals surface area contributed by atoms with Crippen molar-refractivity contribution in [3.63, 3.8) is 0 Å². The third kappa shape index (κ3) is 7.89. The normalized spacial score (nSPS) is 19.0. The van der Waals surface area contributed by atoms with Gasteiger partial charge < -0.3 is 10.1 Å². The molecule has 1 saturated heterocycles. The summed E-state index contributed by atoms with van der Waals surface area (Å²) in [6.45, 7) is -1.25. The number of carbonyl (C=O) groups is 2. The molecule has 1 unspecified atom stereocenters. The standard InChI is InChI=1S/C16H20N2O7S2/c19-15(18-14-7-8-26(21,22)12-14)11-25-16(20)10-17-27(23,24)9-6-13-4-2-1-3-5-13/h1-6,9,14,17H,7-8,10-12H2,(H,18,19)/b9-6+. The zero-order valence-corrected chi connectivity index (χ0v) is 16.0. The molecule has 1 atom stereocenters. The summed E-state index contributed by atoms with van der Waals surface area (Å²) in [5, 5.41) is 3.38. The van der Waals surface area contributed by atoms with Gasteiger partial charge in [0.15, 0.2) is 16.4 Å². The number of hydrogen-bond acceptors (Lipinski definition) is 7. The predicted molar refractivity (Wildman–Crippen MR) is 98.6 cm³/mol. The van der Waals surface area contributed by atoms with Gasteiger partial charge in [0, 0.05) is 11.4 Å². The maximum atomic E-state index is 11.8. The Kier molecular flexibility index (Phi) is 7.11. The fourth-order valence-electron chi connectivity index (χ4n) is 2.32. The summed E-state index contributed by atoms with van der Waals surface area (Å²) in [4.78, 5) is 23.2. The number of esters is 1. The molecule has 1 aliphatic heterocycles. The Labute approximate surface area is 157 Å². The highest BCUT2D eigenvalue weighted by molar-refractivity contribution is 7.92. The average Bonchev–Trinajstić information content (AvgIpc) is 2.96. The van der Waals surface area contributed by atoms with Crippen molar-refractivity contribution in [1.29, 1.82) is 0 Å². The smallest absolute Gasteiger partial charge is 0.321 e. The van der Waals surface area contributed by atoms with E-state index in [-0.39, 0.29) is 11.5 Å². The lowest BCUT2D eigenvalue weighted by molar-refractivity contribution is -0.147. The lowest BCUT2D eigenvalue weighted by atomic mass is 10.2. The Bertz CT molecular complexity index is 909. The quantitative estimate of drug-likeness (QED) is 0.541. The Morgan fingerprint density at radius 1 is 1.22 bits per heavy atom. The van der Waals surface area contributed by atoms with Crippen LogP contribution in [-0.2, 0) is 34.2 Å². The average molecular weight is 416 g/mol. The van der Waals surface area contributed by atoms with Crippen molar-refractivity contribution in [2.45, 2.75) is 12.5 Å². The van der Waals surface area contributed by atoms with Gasteiger partial charge in [-0.2, -0.15) is 0 Å². The molecule has 27 heavy (non-hydrogen) atoms. The molecule has 0 spiro atoms. The van der Waals surface area contributed by atoms with E-state index in [2.05, 4.69) is 10.1 Å². The zero-order valence-electron chi connectivity index (χ0n) is 14.3. The third-order valence-corrected chi connectivity index (χ3v) is 6.43. The molecule has 148 valence electrons. The summed E-state index contributed by atoms with van der Waals surface area (Å²) in [5.74, 6) is -1.70. The Morgan fingerprint density at radius 2 is 1.93 bits per heavy atom. The van der Waals surface area contributed by atoms with Gasteiger partial charge in [0.25, 0.3) is 5.91 Å². The van der Waals surface area contributed by atoms with Crippen molar-refractivity contribution in [3.8, 4) is 0 Å². The predicted octanol–water partition coefficient (Wildman–Crippen LogP) is -0.577. The van der Waals surface area contributed by atoms with Crippen molar-refractivity contribution < 1.29 is 31.2 Å². The molecule has 0 saturated carbocycles. The minimum atomic E-state index is -3.84. The van der Waals surface area contributed by atoms with Gasteiger partial charge >= 0.3 is 5.97 Å². The highest BCUT2D eigenvalue weighted by atomic mass is 32.2. The third-order valence-electron chi connectivity index (χ3n) is 3.62. The second-order valence-corrected chi connectivity index (χ2v) is 9.79. The minimum absolute atomic E-state index is 0.00993. The van der Waals surface area contributed by atoms with Crippen LogP contribution in [0, 0.1) is 0 Å². The molecule has 0 aromatic heterocycles. The van der Waals surface area contributed by atoms with E-state index in [1.54, 1.807) is 30.3 Å². The SMILES string of the molecule is O=C(COC(=O)CNS(=O)(=O)/C=C/c1ccccc1)NC1CCS(=O)(=O)C1. The summed E-state index contributed by atoms with van der Waals surface area (Å²) in [7, 11) is -6.97. The van der Waals surface area contributed by atoms with Crippen LogP contribution in [0.2, 0.25) is 0 Å². The highest BCUT2D eigenvalue weighted by Gasteiger charge is 2.29. The van der Waals surface area contributed by atoms with Gasteiger partial charge in [-0.1, -0.05) is 30.3 Å². The fourth-order valence-corrected chi connectivity index (χ4v) is 4.74. The van der Waals surface area contributed by atoms with E-state index >= 15 is 0 Å². The first-order valence-corrected chi connectivity index (χ1v) is 11.4. The molecule has 2 rings (SSSR count). The molecular weight excluding hydrogens is 396 g/mol. The Morgan fingerprint density at radius 3 is 2.56 bits per heavy atom. The molecule has 9 nitrogen and oxygen atoms in total. The lowest BCUT2D eigenvalue weighted by Crippen LogP contribution is -2.39. The zero-order chi connectivity index (χ0) is 19.9. The van der Waals surface area contributed by atoms with Crippen LogP contribution < -0.4 is 10.0 Å². The van der Waals surface area contributed by atoms with Gasteiger partial charge in [-0.3, -0.25) is 9.59 Å². The molecule has 1 amide bonds. The number of sulfone groups is 1. The highest BCUT2D eigenvalue weighted by Crippen LogP contribution is 2.10. The topological polar surface area (TPSA) is 136 Å². The fraction of sp³-hybridized carbons (Fsp3) is 0.375. The molecule has 1 aromatic carbocycles. The molecule has 1 aromatic rings. The van der Waals surface area contributed by atoms with Gasteiger partial charge in [0.1, 0.15) is 6.54 Å². The van der Waals surface area contributed by atoms with Crippen LogP contribution >= 0.6 is 0 Å². The van der Waals surface area contributed by atoms with Gasteiger partial charge in [-0.05, 0) is 18.1 Å². The van der Waals surface area contributed by atoms with Crippen LogP contribution in [0.4, 0.5) is 0 Å². The first kappa shape index (κ1) is 21.1. The number of nitrogens with one attached hydrogen (secondary N) is 2. The summed E-state index contributed by atoms with van der Waals surface area (Å²) in [6.07, 6.45) is 1.69. The van der Waals surface area contributed by atoms with Crippen molar-refractivity contribution in [2.75, 3.05) is 24.7 Å². The molecular formula is C16H20N2O7S2. The summed E-state index contributed by atoms with van der Waals surface area (Å²) >= 11 is 0. The van der Waals surface area contributed by atoms with E-state index in [4.69, 9.17) is 0 Å². The molecule has 1 aliphatic rings. The van der Waals surface area contributed by atoms with Crippen molar-refractivity contribution in [2.24, 2.45) is 0 Å². The molecule has 1 fully saturated rings. The lowest BCUT2D eigenvalue weighted by Gasteiger charge is -2.11. The van der Waals surface area contributed by atoms with Crippen molar-refractivity contribution in [1.82, 2.24) is 10.0 Å². The summed E-state index contributed by atoms with van der Waals surface area (Å²) in [6, 6.07) is 8.24. The number of rotatable bonds is 8. The van der Waals surface area contributed by atoms with Crippen LogP contribution in [0.3, 0.4) is 0 Å². The van der Waals surface area contributed by atoms with Crippen molar-refractivity contribution in [3.05, 3.63) is 41.3 Å². The van der Waals surface area contributed by atoms with E-state index in [0.717, 1.165) is 5.41 Å². The number of hydrogen-bond donors (Lipinski definition) is 2. The molecule has 0 radical (unpaired) electrons. The summed E-state index contributed by atoms with van der Waals surface area (Å²) in [5.41, 5.74) is 0.677. The second kappa shape index (κ2) is 9.11. The molecule has 1 heterocycles. The largest absolute Gasteiger partial charge is 0.455 e. The maximum absolute atomic E-state index is 11.8. The van der Waals surface area contributed by atoms with Crippen molar-refractivity contribution >= 4 is 37.8 Å². The van der Waals surface area contributed by atoms with E-state index in [0.29, 0.717) is 12.0 Å². The molecule has 2 N–H and O–H groups in total. The maximum Gasteiger partial charge on any atom is 0.321 e. The van der Waals surface area contributed by atoms with E-state index < -0.39 is 50.9 Å². The van der Waals surface area contributed by atoms with Crippen LogP contribution in [0.1, 0.15) is 12.0 Å². The Balaban J connectivity index is 1.70. The first-order valence-electron chi connectivity index (χ1n) is 8.03. The van der Waals surface area contributed by atoms with Crippen LogP contribution in [0.5, 0.6) is 0 Å². The van der Waals surface area contributed by atoms with E-state index in [1.165, 1.54) is 6.08 Å². The van der Waals surface area contributed by atoms with Gasteiger partial charge in [0.2, 0.25) is 10.0 Å². The number of carbonyl (C=O) groups excluding carboxylic acids is 2. The van der Waals surface area contributed by atoms with E-state index in [9.17, 15) is 26.4 Å². The number of ether oxygens (including phenoxy) is 1. The Hall–Kier alpha value is -2.24. The monoisotopic (exact) mass is 416 g/mol. The molecule has 0 aliphatic carbocycles. The van der Waals surface area contributed by atoms with Gasteiger partial charge in [0.05, 0.1) is 11.5 Å². The second-order valence-electron chi connectivity index (χ2n) is 5.91. The number of benzene rings is 1. The number of amides is 1.